The van der Waals surface area contributed by atoms with Crippen LogP contribution in [0.5, 0.6) is 0 Å². The minimum Gasteiger partial charge on any atom is -0.353 e. The summed E-state index contributed by atoms with van der Waals surface area (Å²) in [6, 6.07) is -0.0270. The maximum absolute atomic E-state index is 11.8. The van der Waals surface area contributed by atoms with Crippen LogP contribution in [-0.4, -0.2) is 39.7 Å². The number of aryl methyl sites for hydroxylation is 2. The Morgan fingerprint density at radius 1 is 1.56 bits per heavy atom. The van der Waals surface area contributed by atoms with Gasteiger partial charge < -0.3 is 5.32 Å². The van der Waals surface area contributed by atoms with Crippen molar-refractivity contribution in [1.82, 2.24) is 20.0 Å². The van der Waals surface area contributed by atoms with E-state index in [-0.39, 0.29) is 11.9 Å². The van der Waals surface area contributed by atoms with Crippen molar-refractivity contribution < 1.29 is 4.79 Å². The van der Waals surface area contributed by atoms with Crippen molar-refractivity contribution in [3.8, 4) is 0 Å². The second kappa shape index (κ2) is 5.40. The van der Waals surface area contributed by atoms with Crippen LogP contribution in [0.1, 0.15) is 24.7 Å². The summed E-state index contributed by atoms with van der Waals surface area (Å²) in [5.74, 6) is 0.138. The average molecular weight is 315 g/mol. The number of hydrogen-bond acceptors (Lipinski definition) is 3. The zero-order valence-corrected chi connectivity index (χ0v) is 12.6. The number of rotatable bonds is 3. The van der Waals surface area contributed by atoms with Crippen molar-refractivity contribution in [3.63, 3.8) is 0 Å². The molecule has 0 saturated carbocycles. The molecule has 1 aliphatic heterocycles. The van der Waals surface area contributed by atoms with Gasteiger partial charge in [0.25, 0.3) is 0 Å². The average Bonchev–Trinajstić information content (AvgIpc) is 2.56. The number of nitrogens with zero attached hydrogens (tertiary/aromatic N) is 3. The molecule has 18 heavy (non-hydrogen) atoms. The van der Waals surface area contributed by atoms with E-state index >= 15 is 0 Å². The molecule has 1 saturated heterocycles. The Kier molecular flexibility index (Phi) is 4.07. The number of nitrogens with one attached hydrogen (secondary N) is 1. The Morgan fingerprint density at radius 3 is 2.83 bits per heavy atom. The molecule has 100 valence electrons. The van der Waals surface area contributed by atoms with Gasteiger partial charge in [0.1, 0.15) is 0 Å². The summed E-state index contributed by atoms with van der Waals surface area (Å²) in [6.45, 7) is 6.40. The molecular formula is C12H19BrN4O. The topological polar surface area (TPSA) is 50.2 Å². The van der Waals surface area contributed by atoms with E-state index in [1.165, 1.54) is 0 Å². The number of halogens is 1. The number of hydrogen-bond donors (Lipinski definition) is 1. The third-order valence-corrected chi connectivity index (χ3v) is 4.47. The van der Waals surface area contributed by atoms with Gasteiger partial charge in [-0.2, -0.15) is 5.10 Å². The molecule has 6 heteroatoms. The largest absolute Gasteiger partial charge is 0.353 e. The van der Waals surface area contributed by atoms with E-state index in [0.717, 1.165) is 41.9 Å². The van der Waals surface area contributed by atoms with Gasteiger partial charge in [0.05, 0.1) is 21.9 Å². The predicted octanol–water partition coefficient (Wildman–Crippen LogP) is 1.20. The molecule has 1 aliphatic rings. The molecule has 0 aromatic carbocycles. The van der Waals surface area contributed by atoms with Crippen molar-refractivity contribution in [2.24, 2.45) is 7.05 Å². The highest BCUT2D eigenvalue weighted by Crippen LogP contribution is 2.23. The third-order valence-electron chi connectivity index (χ3n) is 3.44. The molecule has 1 aromatic rings. The summed E-state index contributed by atoms with van der Waals surface area (Å²) < 4.78 is 2.93. The highest BCUT2D eigenvalue weighted by atomic mass is 79.9. The van der Waals surface area contributed by atoms with Gasteiger partial charge in [0.15, 0.2) is 0 Å². The molecule has 1 N–H and O–H groups in total. The number of carbonyl (C=O) groups is 1. The van der Waals surface area contributed by atoms with Crippen LogP contribution in [0.25, 0.3) is 0 Å². The highest BCUT2D eigenvalue weighted by molar-refractivity contribution is 9.10. The standard InChI is InChI=1S/C12H19BrN4O/c1-4-9-12(18)14-5-6-17(9)7-10-11(13)8(2)15-16(10)3/h9H,4-7H2,1-3H3,(H,14,18). The minimum atomic E-state index is -0.0270. The van der Waals surface area contributed by atoms with E-state index in [1.807, 2.05) is 25.6 Å². The van der Waals surface area contributed by atoms with Gasteiger partial charge in [-0.1, -0.05) is 6.92 Å². The molecule has 1 unspecified atom stereocenters. The van der Waals surface area contributed by atoms with Crippen LogP contribution in [0.4, 0.5) is 0 Å². The van der Waals surface area contributed by atoms with Crippen molar-refractivity contribution in [1.29, 1.82) is 0 Å². The smallest absolute Gasteiger partial charge is 0.237 e. The lowest BCUT2D eigenvalue weighted by molar-refractivity contribution is -0.129. The molecule has 2 rings (SSSR count). The van der Waals surface area contributed by atoms with Gasteiger partial charge in [-0.3, -0.25) is 14.4 Å². The number of amides is 1. The lowest BCUT2D eigenvalue weighted by Crippen LogP contribution is -2.54. The lowest BCUT2D eigenvalue weighted by atomic mass is 10.1. The lowest BCUT2D eigenvalue weighted by Gasteiger charge is -2.34. The monoisotopic (exact) mass is 314 g/mol. The Labute approximate surface area is 116 Å². The Bertz CT molecular complexity index is 457. The maximum Gasteiger partial charge on any atom is 0.237 e. The number of aromatic nitrogens is 2. The summed E-state index contributed by atoms with van der Waals surface area (Å²) in [7, 11) is 1.94. The fourth-order valence-corrected chi connectivity index (χ4v) is 2.90. The van der Waals surface area contributed by atoms with Gasteiger partial charge in [-0.15, -0.1) is 0 Å². The van der Waals surface area contributed by atoms with Crippen LogP contribution in [0.15, 0.2) is 4.47 Å². The Hall–Kier alpha value is -0.880. The van der Waals surface area contributed by atoms with E-state index in [0.29, 0.717) is 0 Å². The molecule has 0 radical (unpaired) electrons. The molecule has 1 fully saturated rings. The fraction of sp³-hybridized carbons (Fsp3) is 0.667. The zero-order chi connectivity index (χ0) is 13.3. The van der Waals surface area contributed by atoms with E-state index in [2.05, 4.69) is 31.2 Å². The first kappa shape index (κ1) is 13.5. The van der Waals surface area contributed by atoms with Crippen molar-refractivity contribution >= 4 is 21.8 Å². The van der Waals surface area contributed by atoms with Crippen LogP contribution < -0.4 is 5.32 Å². The van der Waals surface area contributed by atoms with Crippen molar-refractivity contribution in [2.75, 3.05) is 13.1 Å². The molecule has 0 spiro atoms. The van der Waals surface area contributed by atoms with Crippen molar-refractivity contribution in [2.45, 2.75) is 32.9 Å². The van der Waals surface area contributed by atoms with Gasteiger partial charge in [0, 0.05) is 26.7 Å². The second-order valence-corrected chi connectivity index (χ2v) is 5.45. The van der Waals surface area contributed by atoms with E-state index in [1.54, 1.807) is 0 Å². The van der Waals surface area contributed by atoms with Crippen LogP contribution in [0.2, 0.25) is 0 Å². The molecule has 2 heterocycles. The normalized spacial score (nSPS) is 21.1. The molecule has 0 aliphatic carbocycles. The summed E-state index contributed by atoms with van der Waals surface area (Å²) in [5.41, 5.74) is 2.11. The van der Waals surface area contributed by atoms with E-state index in [9.17, 15) is 4.79 Å². The summed E-state index contributed by atoms with van der Waals surface area (Å²) in [5, 5.41) is 7.31. The second-order valence-electron chi connectivity index (χ2n) is 4.66. The molecule has 5 nitrogen and oxygen atoms in total. The molecule has 1 aromatic heterocycles. The van der Waals surface area contributed by atoms with Gasteiger partial charge in [0.2, 0.25) is 5.91 Å². The Balaban J connectivity index is 2.19. The predicted molar refractivity (Wildman–Crippen MR) is 73.1 cm³/mol. The van der Waals surface area contributed by atoms with Crippen LogP contribution in [0.3, 0.4) is 0 Å². The zero-order valence-electron chi connectivity index (χ0n) is 11.0. The van der Waals surface area contributed by atoms with E-state index < -0.39 is 0 Å². The third kappa shape index (κ3) is 2.44. The number of carbonyl (C=O) groups excluding carboxylic acids is 1. The molecule has 1 atom stereocenters. The maximum atomic E-state index is 11.8. The minimum absolute atomic E-state index is 0.0270. The Morgan fingerprint density at radius 2 is 2.28 bits per heavy atom. The van der Waals surface area contributed by atoms with Gasteiger partial charge in [-0.25, -0.2) is 0 Å². The van der Waals surface area contributed by atoms with Crippen LogP contribution in [0, 0.1) is 6.92 Å². The highest BCUT2D eigenvalue weighted by Gasteiger charge is 2.29. The molecular weight excluding hydrogens is 296 g/mol. The molecule has 0 bridgehead atoms. The van der Waals surface area contributed by atoms with E-state index in [4.69, 9.17) is 0 Å². The van der Waals surface area contributed by atoms with Gasteiger partial charge in [-0.05, 0) is 29.3 Å². The van der Waals surface area contributed by atoms with Crippen molar-refractivity contribution in [3.05, 3.63) is 15.9 Å². The summed E-state index contributed by atoms with van der Waals surface area (Å²) in [4.78, 5) is 14.0. The van der Waals surface area contributed by atoms with Gasteiger partial charge >= 0.3 is 0 Å². The van der Waals surface area contributed by atoms with Crippen LogP contribution >= 0.6 is 15.9 Å². The summed E-state index contributed by atoms with van der Waals surface area (Å²) in [6.07, 6.45) is 0.834. The number of piperazine rings is 1. The van der Waals surface area contributed by atoms with Crippen LogP contribution in [-0.2, 0) is 18.4 Å². The first-order valence-corrected chi connectivity index (χ1v) is 7.03. The fourth-order valence-electron chi connectivity index (χ4n) is 2.44. The SMILES string of the molecule is CCC1C(=O)NCCN1Cc1c(Br)c(C)nn1C. The quantitative estimate of drug-likeness (QED) is 0.912. The first-order chi connectivity index (χ1) is 8.54. The first-order valence-electron chi connectivity index (χ1n) is 6.24. The molecule has 1 amide bonds. The summed E-state index contributed by atoms with van der Waals surface area (Å²) >= 11 is 3.57.